The third-order valence-electron chi connectivity index (χ3n) is 1.92. The van der Waals surface area contributed by atoms with Crippen molar-refractivity contribution in [1.82, 2.24) is 9.97 Å². The summed E-state index contributed by atoms with van der Waals surface area (Å²) < 4.78 is 0. The second kappa shape index (κ2) is 5.09. The summed E-state index contributed by atoms with van der Waals surface area (Å²) >= 11 is 7.23. The van der Waals surface area contributed by atoms with Crippen LogP contribution >= 0.6 is 22.9 Å². The highest BCUT2D eigenvalue weighted by atomic mass is 35.5. The lowest BCUT2D eigenvalue weighted by Crippen LogP contribution is -2.04. The highest BCUT2D eigenvalue weighted by Gasteiger charge is 1.98. The minimum absolute atomic E-state index is 0.548. The van der Waals surface area contributed by atoms with Gasteiger partial charge >= 0.3 is 0 Å². The molecule has 0 fully saturated rings. The monoisotopic (exact) mass is 239 g/mol. The maximum atomic E-state index is 5.71. The Hall–Kier alpha value is -1.13. The Balaban J connectivity index is 1.80. The van der Waals surface area contributed by atoms with E-state index < -0.39 is 0 Å². The minimum Gasteiger partial charge on any atom is -0.361 e. The van der Waals surface area contributed by atoms with Gasteiger partial charge < -0.3 is 5.32 Å². The van der Waals surface area contributed by atoms with E-state index in [1.807, 2.05) is 17.5 Å². The van der Waals surface area contributed by atoms with Crippen molar-refractivity contribution < 1.29 is 0 Å². The molecule has 2 rings (SSSR count). The van der Waals surface area contributed by atoms with Gasteiger partial charge in [0.25, 0.3) is 0 Å². The van der Waals surface area contributed by atoms with E-state index in [-0.39, 0.29) is 0 Å². The zero-order valence-electron chi connectivity index (χ0n) is 7.98. The highest BCUT2D eigenvalue weighted by molar-refractivity contribution is 7.14. The number of rotatable bonds is 4. The first-order valence-electron chi connectivity index (χ1n) is 4.58. The van der Waals surface area contributed by atoms with Crippen molar-refractivity contribution in [2.24, 2.45) is 0 Å². The van der Waals surface area contributed by atoms with Crippen LogP contribution in [-0.4, -0.2) is 16.5 Å². The Kier molecular flexibility index (Phi) is 3.53. The largest absolute Gasteiger partial charge is 0.361 e. The van der Waals surface area contributed by atoms with Gasteiger partial charge in [-0.25, -0.2) is 4.98 Å². The van der Waals surface area contributed by atoms with Crippen molar-refractivity contribution in [2.45, 2.75) is 6.42 Å². The van der Waals surface area contributed by atoms with Gasteiger partial charge in [-0.2, -0.15) is 0 Å². The van der Waals surface area contributed by atoms with Crippen LogP contribution in [0.2, 0.25) is 5.15 Å². The van der Waals surface area contributed by atoms with Gasteiger partial charge in [-0.1, -0.05) is 11.6 Å². The van der Waals surface area contributed by atoms with Gasteiger partial charge in [-0.05, 0) is 24.1 Å². The van der Waals surface area contributed by atoms with Crippen LogP contribution in [-0.2, 0) is 6.42 Å². The van der Waals surface area contributed by atoms with Crippen molar-refractivity contribution in [3.63, 3.8) is 0 Å². The van der Waals surface area contributed by atoms with Gasteiger partial charge in [0, 0.05) is 24.3 Å². The fraction of sp³-hybridized carbons (Fsp3) is 0.200. The van der Waals surface area contributed by atoms with E-state index in [1.54, 1.807) is 12.4 Å². The van der Waals surface area contributed by atoms with E-state index in [4.69, 9.17) is 11.6 Å². The van der Waals surface area contributed by atoms with Crippen LogP contribution in [0.4, 0.5) is 5.13 Å². The van der Waals surface area contributed by atoms with Crippen molar-refractivity contribution in [2.75, 3.05) is 11.9 Å². The van der Waals surface area contributed by atoms with Gasteiger partial charge in [-0.15, -0.1) is 11.3 Å². The molecule has 0 unspecified atom stereocenters. The number of nitrogens with one attached hydrogen (secondary N) is 1. The molecule has 0 aliphatic heterocycles. The lowest BCUT2D eigenvalue weighted by molar-refractivity contribution is 1.01. The van der Waals surface area contributed by atoms with Crippen molar-refractivity contribution in [3.8, 4) is 0 Å². The van der Waals surface area contributed by atoms with Gasteiger partial charge in [0.2, 0.25) is 0 Å². The van der Waals surface area contributed by atoms with Gasteiger partial charge in [-0.3, -0.25) is 4.98 Å². The maximum absolute atomic E-state index is 5.71. The van der Waals surface area contributed by atoms with E-state index in [0.29, 0.717) is 5.15 Å². The number of hydrogen-bond acceptors (Lipinski definition) is 4. The molecule has 2 aromatic rings. The van der Waals surface area contributed by atoms with Crippen LogP contribution < -0.4 is 5.32 Å². The second-order valence-electron chi connectivity index (χ2n) is 3.01. The Labute approximate surface area is 97.2 Å². The lowest BCUT2D eigenvalue weighted by Gasteiger charge is -2.01. The number of anilines is 1. The Morgan fingerprint density at radius 2 is 2.13 bits per heavy atom. The standard InChI is InChI=1S/C10H10ClN3S/c11-9-7-15-10(14-9)13-6-3-8-1-4-12-5-2-8/h1-2,4-5,7H,3,6H2,(H,13,14). The van der Waals surface area contributed by atoms with Gasteiger partial charge in [0.1, 0.15) is 5.15 Å². The van der Waals surface area contributed by atoms with Crippen molar-refractivity contribution in [1.29, 1.82) is 0 Å². The average molecular weight is 240 g/mol. The summed E-state index contributed by atoms with van der Waals surface area (Å²) in [5.74, 6) is 0. The number of hydrogen-bond donors (Lipinski definition) is 1. The molecule has 0 aliphatic carbocycles. The molecule has 0 aliphatic rings. The Morgan fingerprint density at radius 3 is 2.80 bits per heavy atom. The topological polar surface area (TPSA) is 37.8 Å². The molecule has 0 aromatic carbocycles. The van der Waals surface area contributed by atoms with E-state index in [9.17, 15) is 0 Å². The molecule has 2 heterocycles. The SMILES string of the molecule is Clc1csc(NCCc2ccncc2)n1. The molecule has 15 heavy (non-hydrogen) atoms. The summed E-state index contributed by atoms with van der Waals surface area (Å²) in [6, 6.07) is 4.02. The van der Waals surface area contributed by atoms with Crippen LogP contribution in [0.3, 0.4) is 0 Å². The number of pyridine rings is 1. The molecule has 2 aromatic heterocycles. The smallest absolute Gasteiger partial charge is 0.184 e. The first kappa shape index (κ1) is 10.4. The van der Waals surface area contributed by atoms with E-state index >= 15 is 0 Å². The van der Waals surface area contributed by atoms with Crippen LogP contribution in [0.25, 0.3) is 0 Å². The first-order chi connectivity index (χ1) is 7.34. The average Bonchev–Trinajstić information content (AvgIpc) is 2.66. The predicted octanol–water partition coefficient (Wildman–Crippen LogP) is 2.85. The molecular weight excluding hydrogens is 230 g/mol. The Morgan fingerprint density at radius 1 is 1.33 bits per heavy atom. The molecule has 0 bridgehead atoms. The van der Waals surface area contributed by atoms with E-state index in [0.717, 1.165) is 18.1 Å². The molecule has 5 heteroatoms. The van der Waals surface area contributed by atoms with Crippen LogP contribution in [0.5, 0.6) is 0 Å². The van der Waals surface area contributed by atoms with Crippen LogP contribution in [0.1, 0.15) is 5.56 Å². The summed E-state index contributed by atoms with van der Waals surface area (Å²) in [6.45, 7) is 0.855. The molecule has 0 spiro atoms. The van der Waals surface area contributed by atoms with Crippen molar-refractivity contribution >= 4 is 28.1 Å². The molecule has 1 N–H and O–H groups in total. The number of nitrogens with zero attached hydrogens (tertiary/aromatic N) is 2. The third-order valence-corrected chi connectivity index (χ3v) is 3.04. The molecule has 0 saturated heterocycles. The highest BCUT2D eigenvalue weighted by Crippen LogP contribution is 2.18. The molecule has 78 valence electrons. The zero-order chi connectivity index (χ0) is 10.5. The fourth-order valence-electron chi connectivity index (χ4n) is 1.20. The molecule has 3 nitrogen and oxygen atoms in total. The summed E-state index contributed by atoms with van der Waals surface area (Å²) in [7, 11) is 0. The van der Waals surface area contributed by atoms with Crippen molar-refractivity contribution in [3.05, 3.63) is 40.6 Å². The first-order valence-corrected chi connectivity index (χ1v) is 5.84. The van der Waals surface area contributed by atoms with E-state index in [2.05, 4.69) is 15.3 Å². The summed E-state index contributed by atoms with van der Waals surface area (Å²) in [6.07, 6.45) is 4.56. The summed E-state index contributed by atoms with van der Waals surface area (Å²) in [4.78, 5) is 8.07. The normalized spacial score (nSPS) is 10.2. The number of aromatic nitrogens is 2. The second-order valence-corrected chi connectivity index (χ2v) is 4.25. The molecule has 0 amide bonds. The quantitative estimate of drug-likeness (QED) is 0.892. The third kappa shape index (κ3) is 3.18. The number of thiazole rings is 1. The number of halogens is 1. The van der Waals surface area contributed by atoms with Gasteiger partial charge in [0.05, 0.1) is 0 Å². The maximum Gasteiger partial charge on any atom is 0.184 e. The molecular formula is C10H10ClN3S. The summed E-state index contributed by atoms with van der Waals surface area (Å²) in [5, 5.41) is 6.45. The van der Waals surface area contributed by atoms with E-state index in [1.165, 1.54) is 16.9 Å². The van der Waals surface area contributed by atoms with Gasteiger partial charge in [0.15, 0.2) is 5.13 Å². The lowest BCUT2D eigenvalue weighted by atomic mass is 10.2. The summed E-state index contributed by atoms with van der Waals surface area (Å²) in [5.41, 5.74) is 1.26. The molecule has 0 radical (unpaired) electrons. The van der Waals surface area contributed by atoms with Crippen LogP contribution in [0.15, 0.2) is 29.9 Å². The molecule has 0 atom stereocenters. The minimum atomic E-state index is 0.548. The predicted molar refractivity (Wildman–Crippen MR) is 63.6 cm³/mol. The van der Waals surface area contributed by atoms with Crippen LogP contribution in [0, 0.1) is 0 Å². The Bertz CT molecular complexity index is 416. The fourth-order valence-corrected chi connectivity index (χ4v) is 2.06. The zero-order valence-corrected chi connectivity index (χ0v) is 9.55. The molecule has 0 saturated carbocycles.